The van der Waals surface area contributed by atoms with E-state index >= 15 is 0 Å². The van der Waals surface area contributed by atoms with Gasteiger partial charge in [0.2, 0.25) is 0 Å². The van der Waals surface area contributed by atoms with E-state index in [2.05, 4.69) is 83.1 Å². The summed E-state index contributed by atoms with van der Waals surface area (Å²) in [7, 11) is 3.67. The van der Waals surface area contributed by atoms with E-state index in [-0.39, 0.29) is 11.4 Å². The zero-order valence-corrected chi connectivity index (χ0v) is 23.2. The second-order valence-corrected chi connectivity index (χ2v) is 11.4. The van der Waals surface area contributed by atoms with Gasteiger partial charge < -0.3 is 15.0 Å². The number of benzene rings is 3. The molecule has 0 spiro atoms. The van der Waals surface area contributed by atoms with Gasteiger partial charge in [-0.1, -0.05) is 30.3 Å². The molecule has 2 aliphatic rings. The van der Waals surface area contributed by atoms with Crippen molar-refractivity contribution < 1.29 is 9.53 Å². The summed E-state index contributed by atoms with van der Waals surface area (Å²) in [5.41, 5.74) is 4.42. The number of rotatable bonds is 5. The van der Waals surface area contributed by atoms with E-state index in [9.17, 15) is 4.79 Å². The van der Waals surface area contributed by atoms with Crippen LogP contribution in [0.3, 0.4) is 0 Å². The zero-order valence-electron chi connectivity index (χ0n) is 22.4. The lowest BCUT2D eigenvalue weighted by molar-refractivity contribution is 0.0930. The average Bonchev–Trinajstić information content (AvgIpc) is 3.59. The van der Waals surface area contributed by atoms with Crippen molar-refractivity contribution in [1.82, 2.24) is 15.2 Å². The third-order valence-corrected chi connectivity index (χ3v) is 8.66. The molecule has 2 aromatic heterocycles. The lowest BCUT2D eigenvalue weighted by Crippen LogP contribution is -2.35. The van der Waals surface area contributed by atoms with Gasteiger partial charge in [0.05, 0.1) is 18.2 Å². The number of carbonyl (C=O) groups is 1. The maximum absolute atomic E-state index is 13.4. The fraction of sp³-hybridized carbons (Fsp3) is 0.212. The number of aromatic nitrogens is 1. The van der Waals surface area contributed by atoms with Crippen LogP contribution in [0.2, 0.25) is 0 Å². The summed E-state index contributed by atoms with van der Waals surface area (Å²) in [6.45, 7) is 3.09. The Labute approximate surface area is 232 Å². The van der Waals surface area contributed by atoms with E-state index in [1.807, 2.05) is 37.4 Å². The van der Waals surface area contributed by atoms with Gasteiger partial charge in [0.15, 0.2) is 0 Å². The maximum atomic E-state index is 13.4. The van der Waals surface area contributed by atoms with Crippen LogP contribution in [0.15, 0.2) is 91.3 Å². The van der Waals surface area contributed by atoms with E-state index < -0.39 is 0 Å². The zero-order chi connectivity index (χ0) is 27.0. The summed E-state index contributed by atoms with van der Waals surface area (Å²) >= 11 is 1.79. The van der Waals surface area contributed by atoms with Crippen molar-refractivity contribution in [2.24, 2.45) is 0 Å². The summed E-state index contributed by atoms with van der Waals surface area (Å²) < 4.78 is 6.62. The van der Waals surface area contributed by atoms with Gasteiger partial charge in [-0.3, -0.25) is 9.78 Å². The molecule has 1 aliphatic carbocycles. The first kappa shape index (κ1) is 25.1. The molecule has 0 bridgehead atoms. The fourth-order valence-electron chi connectivity index (χ4n) is 5.01. The summed E-state index contributed by atoms with van der Waals surface area (Å²) in [6, 6.07) is 24.8. The van der Waals surface area contributed by atoms with Crippen LogP contribution in [0.25, 0.3) is 31.4 Å². The SMILES string of the molecule is CN1C=CC1.COc1ccc(C)c(C(=O)NC2(c3cc(-c4cc5ccccc5s4)cc4ncccc34)CC2)c1. The third-order valence-electron chi connectivity index (χ3n) is 7.49. The molecule has 39 heavy (non-hydrogen) atoms. The lowest BCUT2D eigenvalue weighted by Gasteiger charge is -2.22. The Morgan fingerprint density at radius 3 is 2.54 bits per heavy atom. The average molecular weight is 534 g/mol. The van der Waals surface area contributed by atoms with Gasteiger partial charge in [-0.15, -0.1) is 11.3 Å². The highest BCUT2D eigenvalue weighted by molar-refractivity contribution is 7.22. The number of hydrogen-bond donors (Lipinski definition) is 1. The van der Waals surface area contributed by atoms with Crippen molar-refractivity contribution in [3.63, 3.8) is 0 Å². The molecule has 6 heteroatoms. The van der Waals surface area contributed by atoms with E-state index in [1.165, 1.54) is 15.0 Å². The summed E-state index contributed by atoms with van der Waals surface area (Å²) in [6.07, 6.45) is 7.82. The molecule has 0 saturated heterocycles. The van der Waals surface area contributed by atoms with E-state index in [0.29, 0.717) is 11.3 Å². The molecule has 1 saturated carbocycles. The fourth-order valence-corrected chi connectivity index (χ4v) is 6.06. The van der Waals surface area contributed by atoms with Gasteiger partial charge in [-0.2, -0.15) is 0 Å². The Morgan fingerprint density at radius 2 is 1.85 bits per heavy atom. The summed E-state index contributed by atoms with van der Waals surface area (Å²) in [4.78, 5) is 21.4. The molecule has 0 atom stereocenters. The highest BCUT2D eigenvalue weighted by Crippen LogP contribution is 2.49. The molecule has 5 nitrogen and oxygen atoms in total. The summed E-state index contributed by atoms with van der Waals surface area (Å²) in [5, 5.41) is 5.70. The highest BCUT2D eigenvalue weighted by Gasteiger charge is 2.47. The van der Waals surface area contributed by atoms with Crippen LogP contribution < -0.4 is 10.1 Å². The smallest absolute Gasteiger partial charge is 0.252 e. The molecule has 1 aliphatic heterocycles. The second-order valence-electron chi connectivity index (χ2n) is 10.3. The number of methoxy groups -OCH3 is 1. The number of nitrogens with one attached hydrogen (secondary N) is 1. The molecule has 1 N–H and O–H groups in total. The maximum Gasteiger partial charge on any atom is 0.252 e. The molecule has 1 fully saturated rings. The number of fused-ring (bicyclic) bond motifs is 2. The molecule has 0 radical (unpaired) electrons. The minimum atomic E-state index is -0.388. The van der Waals surface area contributed by atoms with Crippen LogP contribution >= 0.6 is 11.3 Å². The van der Waals surface area contributed by atoms with Gasteiger partial charge in [0.25, 0.3) is 5.91 Å². The predicted octanol–water partition coefficient (Wildman–Crippen LogP) is 7.30. The normalized spacial score (nSPS) is 14.9. The highest BCUT2D eigenvalue weighted by atomic mass is 32.1. The minimum Gasteiger partial charge on any atom is -0.497 e. The number of pyridine rings is 1. The second kappa shape index (κ2) is 10.2. The van der Waals surface area contributed by atoms with Crippen LogP contribution in [0.4, 0.5) is 0 Å². The Bertz CT molecular complexity index is 1680. The molecule has 5 aromatic rings. The van der Waals surface area contributed by atoms with E-state index in [4.69, 9.17) is 4.74 Å². The molecule has 7 rings (SSSR count). The number of ether oxygens (including phenoxy) is 1. The first-order valence-electron chi connectivity index (χ1n) is 13.2. The van der Waals surface area contributed by atoms with Crippen molar-refractivity contribution in [3.8, 4) is 16.2 Å². The van der Waals surface area contributed by atoms with Crippen molar-refractivity contribution in [1.29, 1.82) is 0 Å². The predicted molar refractivity (Wildman–Crippen MR) is 160 cm³/mol. The van der Waals surface area contributed by atoms with Gasteiger partial charge in [0, 0.05) is 40.3 Å². The van der Waals surface area contributed by atoms with Crippen molar-refractivity contribution in [3.05, 3.63) is 108 Å². The van der Waals surface area contributed by atoms with Crippen molar-refractivity contribution in [2.45, 2.75) is 25.3 Å². The number of nitrogens with zero attached hydrogens (tertiary/aromatic N) is 2. The quantitative estimate of drug-likeness (QED) is 0.258. The third kappa shape index (κ3) is 5.00. The Balaban J connectivity index is 0.000000500. The summed E-state index contributed by atoms with van der Waals surface area (Å²) in [5.74, 6) is 0.611. The first-order valence-corrected chi connectivity index (χ1v) is 14.0. The largest absolute Gasteiger partial charge is 0.497 e. The molecular formula is C33H31N3O2S. The van der Waals surface area contributed by atoms with Crippen LogP contribution in [0.1, 0.15) is 34.3 Å². The Hall–Kier alpha value is -4.16. The van der Waals surface area contributed by atoms with Crippen LogP contribution in [-0.4, -0.2) is 36.5 Å². The molecular weight excluding hydrogens is 502 g/mol. The van der Waals surface area contributed by atoms with Crippen molar-refractivity contribution >= 4 is 38.2 Å². The Morgan fingerprint density at radius 1 is 1.05 bits per heavy atom. The Kier molecular flexibility index (Phi) is 6.57. The number of carbonyl (C=O) groups excluding carboxylic acids is 1. The van der Waals surface area contributed by atoms with Gasteiger partial charge in [-0.25, -0.2) is 0 Å². The lowest BCUT2D eigenvalue weighted by atomic mass is 9.95. The monoisotopic (exact) mass is 533 g/mol. The molecule has 3 heterocycles. The van der Waals surface area contributed by atoms with Gasteiger partial charge in [0.1, 0.15) is 5.75 Å². The van der Waals surface area contributed by atoms with Crippen molar-refractivity contribution in [2.75, 3.05) is 20.7 Å². The minimum absolute atomic E-state index is 0.0711. The molecule has 196 valence electrons. The topological polar surface area (TPSA) is 54.5 Å². The first-order chi connectivity index (χ1) is 19.0. The number of hydrogen-bond acceptors (Lipinski definition) is 5. The van der Waals surface area contributed by atoms with E-state index in [0.717, 1.165) is 47.0 Å². The van der Waals surface area contributed by atoms with Crippen LogP contribution in [0.5, 0.6) is 5.75 Å². The van der Waals surface area contributed by atoms with Gasteiger partial charge >= 0.3 is 0 Å². The molecule has 3 aromatic carbocycles. The van der Waals surface area contributed by atoms with Gasteiger partial charge in [-0.05, 0) is 96.6 Å². The number of likely N-dealkylation sites (N-methyl/N-ethyl adjacent to an activating group) is 1. The van der Waals surface area contributed by atoms with Crippen LogP contribution in [0, 0.1) is 6.92 Å². The van der Waals surface area contributed by atoms with Crippen LogP contribution in [-0.2, 0) is 5.54 Å². The molecule has 0 unspecified atom stereocenters. The number of aryl methyl sites for hydroxylation is 1. The van der Waals surface area contributed by atoms with E-state index in [1.54, 1.807) is 18.4 Å². The molecule has 1 amide bonds. The number of amides is 1. The standard InChI is InChI=1S/C29H24N2O2S.C4H7N/c1-18-9-10-21(33-2)17-23(18)28(32)31-29(11-12-29)24-14-20(15-25-22(24)7-5-13-30-25)27-16-19-6-3-4-8-26(19)34-27;1-5-3-2-4-5/h3-10,13-17H,11-12H2,1-2H3,(H,31,32);2-3H,4H2,1H3. The number of thiophene rings is 1.